The predicted molar refractivity (Wildman–Crippen MR) is 90.4 cm³/mol. The molecule has 0 aliphatic carbocycles. The average molecular weight is 304 g/mol. The third-order valence-corrected chi connectivity index (χ3v) is 3.54. The van der Waals surface area contributed by atoms with Crippen LogP contribution in [0.2, 0.25) is 0 Å². The maximum atomic E-state index is 9.05. The van der Waals surface area contributed by atoms with Crippen molar-refractivity contribution in [1.29, 1.82) is 0 Å². The summed E-state index contributed by atoms with van der Waals surface area (Å²) in [6.45, 7) is 4.54. The Bertz CT molecular complexity index is 650. The zero-order valence-corrected chi connectivity index (χ0v) is 13.0. The highest BCUT2D eigenvalue weighted by molar-refractivity contribution is 5.63. The summed E-state index contributed by atoms with van der Waals surface area (Å²) in [6, 6.07) is 5.78. The second kappa shape index (κ2) is 6.57. The fourth-order valence-corrected chi connectivity index (χ4v) is 2.27. The van der Waals surface area contributed by atoms with Crippen LogP contribution in [0.4, 0.5) is 22.9 Å². The minimum Gasteiger partial charge on any atom is -0.399 e. The van der Waals surface area contributed by atoms with E-state index in [1.54, 1.807) is 4.68 Å². The molecule has 0 aliphatic heterocycles. The van der Waals surface area contributed by atoms with Crippen molar-refractivity contribution in [3.8, 4) is 0 Å². The molecule has 120 valence electrons. The average Bonchev–Trinajstić information content (AvgIpc) is 2.76. The molecule has 0 bridgehead atoms. The van der Waals surface area contributed by atoms with Gasteiger partial charge >= 0.3 is 0 Å². The Morgan fingerprint density at radius 2 is 2.00 bits per heavy atom. The third kappa shape index (κ3) is 3.25. The van der Waals surface area contributed by atoms with Gasteiger partial charge in [0.1, 0.15) is 11.5 Å². The van der Waals surface area contributed by atoms with Crippen molar-refractivity contribution in [2.24, 2.45) is 0 Å². The molecule has 22 heavy (non-hydrogen) atoms. The number of anilines is 4. The number of hydrogen-bond donors (Lipinski definition) is 5. The number of hydrogen-bond acceptors (Lipinski definition) is 6. The lowest BCUT2D eigenvalue weighted by atomic mass is 10.1. The molecule has 0 saturated carbocycles. The number of nitrogens with two attached hydrogens (primary N) is 3. The highest BCUT2D eigenvalue weighted by Crippen LogP contribution is 2.24. The van der Waals surface area contributed by atoms with Crippen molar-refractivity contribution in [3.05, 3.63) is 29.5 Å². The highest BCUT2D eigenvalue weighted by Gasteiger charge is 2.14. The summed E-state index contributed by atoms with van der Waals surface area (Å²) in [5.74, 6) is 0.491. The van der Waals surface area contributed by atoms with Gasteiger partial charge in [0.05, 0.1) is 12.2 Å². The fourth-order valence-electron chi connectivity index (χ4n) is 2.27. The molecule has 0 unspecified atom stereocenters. The Morgan fingerprint density at radius 3 is 2.59 bits per heavy atom. The molecule has 1 aromatic heterocycles. The van der Waals surface area contributed by atoms with E-state index >= 15 is 0 Å². The molecule has 2 aromatic rings. The van der Waals surface area contributed by atoms with E-state index in [1.807, 2.05) is 32.0 Å². The lowest BCUT2D eigenvalue weighted by Crippen LogP contribution is -2.08. The van der Waals surface area contributed by atoms with Gasteiger partial charge in [-0.3, -0.25) is 0 Å². The monoisotopic (exact) mass is 304 g/mol. The molecule has 0 fully saturated rings. The molecule has 7 heteroatoms. The maximum absolute atomic E-state index is 9.05. The summed E-state index contributed by atoms with van der Waals surface area (Å²) in [6.07, 6.45) is 0.526. The summed E-state index contributed by atoms with van der Waals surface area (Å²) < 4.78 is 1.71. The molecular weight excluding hydrogens is 280 g/mol. The van der Waals surface area contributed by atoms with Crippen molar-refractivity contribution in [2.75, 3.05) is 29.1 Å². The van der Waals surface area contributed by atoms with Gasteiger partial charge in [0.25, 0.3) is 0 Å². The molecule has 0 spiro atoms. The first-order valence-corrected chi connectivity index (χ1v) is 7.29. The van der Waals surface area contributed by atoms with Gasteiger partial charge in [-0.25, -0.2) is 4.68 Å². The summed E-state index contributed by atoms with van der Waals surface area (Å²) >= 11 is 0. The molecule has 0 amide bonds. The fraction of sp³-hybridized carbons (Fsp3) is 0.400. The maximum Gasteiger partial charge on any atom is 0.145 e. The zero-order valence-electron chi connectivity index (χ0n) is 13.0. The van der Waals surface area contributed by atoms with Gasteiger partial charge in [0, 0.05) is 24.0 Å². The number of nitrogens with one attached hydrogen (secondary N) is 1. The normalized spacial score (nSPS) is 11.1. The van der Waals surface area contributed by atoms with Crippen LogP contribution in [-0.2, 0) is 13.0 Å². The van der Waals surface area contributed by atoms with Gasteiger partial charge in [0.2, 0.25) is 0 Å². The van der Waals surface area contributed by atoms with Gasteiger partial charge in [-0.2, -0.15) is 5.10 Å². The molecule has 1 aromatic carbocycles. The number of nitrogens with zero attached hydrogens (tertiary/aromatic N) is 2. The molecule has 0 aliphatic rings. The Morgan fingerprint density at radius 1 is 1.27 bits per heavy atom. The van der Waals surface area contributed by atoms with Gasteiger partial charge < -0.3 is 27.6 Å². The minimum absolute atomic E-state index is 0.0654. The van der Waals surface area contributed by atoms with Gasteiger partial charge in [-0.05, 0) is 44.0 Å². The van der Waals surface area contributed by atoms with Crippen molar-refractivity contribution in [2.45, 2.75) is 32.9 Å². The largest absolute Gasteiger partial charge is 0.399 e. The van der Waals surface area contributed by atoms with Crippen LogP contribution in [0.3, 0.4) is 0 Å². The molecule has 2 rings (SSSR count). The summed E-state index contributed by atoms with van der Waals surface area (Å²) in [5, 5.41) is 16.7. The second-order valence-corrected chi connectivity index (χ2v) is 5.52. The number of benzene rings is 1. The van der Waals surface area contributed by atoms with Crippen LogP contribution in [-0.4, -0.2) is 21.5 Å². The van der Waals surface area contributed by atoms with E-state index in [0.29, 0.717) is 35.9 Å². The van der Waals surface area contributed by atoms with E-state index in [1.165, 1.54) is 0 Å². The van der Waals surface area contributed by atoms with Crippen molar-refractivity contribution in [1.82, 2.24) is 9.78 Å². The number of aromatic nitrogens is 2. The Hall–Kier alpha value is -2.41. The van der Waals surface area contributed by atoms with E-state index in [2.05, 4.69) is 10.4 Å². The molecule has 0 saturated heterocycles. The minimum atomic E-state index is 0.0654. The highest BCUT2D eigenvalue weighted by atomic mass is 16.2. The summed E-state index contributed by atoms with van der Waals surface area (Å²) in [5.41, 5.74) is 21.5. The molecule has 7 nitrogen and oxygen atoms in total. The molecular formula is C15H24N6O. The van der Waals surface area contributed by atoms with Crippen LogP contribution >= 0.6 is 0 Å². The Labute approximate surface area is 130 Å². The molecule has 0 atom stereocenters. The van der Waals surface area contributed by atoms with Gasteiger partial charge in [-0.1, -0.05) is 0 Å². The molecule has 1 heterocycles. The molecule has 0 radical (unpaired) electrons. The van der Waals surface area contributed by atoms with E-state index in [9.17, 15) is 0 Å². The number of rotatable bonds is 6. The van der Waals surface area contributed by atoms with Crippen LogP contribution in [0, 0.1) is 0 Å². The van der Waals surface area contributed by atoms with Crippen molar-refractivity contribution < 1.29 is 5.11 Å². The topological polar surface area (TPSA) is 128 Å². The van der Waals surface area contributed by atoms with E-state index in [-0.39, 0.29) is 12.6 Å². The zero-order chi connectivity index (χ0) is 16.3. The predicted octanol–water partition coefficient (Wildman–Crippen LogP) is 1.36. The van der Waals surface area contributed by atoms with Crippen LogP contribution < -0.4 is 22.5 Å². The first-order chi connectivity index (χ1) is 10.4. The molecule has 8 N–H and O–H groups in total. The van der Waals surface area contributed by atoms with Crippen molar-refractivity contribution >= 4 is 22.9 Å². The second-order valence-electron chi connectivity index (χ2n) is 5.52. The van der Waals surface area contributed by atoms with Crippen LogP contribution in [0.25, 0.3) is 0 Å². The first-order valence-electron chi connectivity index (χ1n) is 7.29. The summed E-state index contributed by atoms with van der Waals surface area (Å²) in [4.78, 5) is 0. The van der Waals surface area contributed by atoms with E-state index < -0.39 is 0 Å². The third-order valence-electron chi connectivity index (χ3n) is 3.54. The van der Waals surface area contributed by atoms with Crippen LogP contribution in [0.1, 0.15) is 31.1 Å². The van der Waals surface area contributed by atoms with E-state index in [4.69, 9.17) is 22.3 Å². The lowest BCUT2D eigenvalue weighted by molar-refractivity contribution is 0.300. The van der Waals surface area contributed by atoms with E-state index in [0.717, 1.165) is 11.3 Å². The van der Waals surface area contributed by atoms with Crippen LogP contribution in [0.5, 0.6) is 0 Å². The quantitative estimate of drug-likeness (QED) is 0.513. The standard InChI is InChI=1S/C15H24N6O/c1-9(2)21-15(18)14(17)13(20-21)8-19-11-3-4-12(16)10(7-11)5-6-22/h3-4,7,9,19,22H,5-6,8,16-18H2,1-2H3. The summed E-state index contributed by atoms with van der Waals surface area (Å²) in [7, 11) is 0. The van der Waals surface area contributed by atoms with Gasteiger partial charge in [-0.15, -0.1) is 0 Å². The Kier molecular flexibility index (Phi) is 4.77. The van der Waals surface area contributed by atoms with Gasteiger partial charge in [0.15, 0.2) is 0 Å². The van der Waals surface area contributed by atoms with Crippen molar-refractivity contribution in [3.63, 3.8) is 0 Å². The number of aliphatic hydroxyl groups excluding tert-OH is 1. The Balaban J connectivity index is 2.13. The first kappa shape index (κ1) is 16.0. The van der Waals surface area contributed by atoms with Crippen LogP contribution in [0.15, 0.2) is 18.2 Å². The number of aliphatic hydroxyl groups is 1. The number of nitrogen functional groups attached to an aromatic ring is 3. The lowest BCUT2D eigenvalue weighted by Gasteiger charge is -2.09. The smallest absolute Gasteiger partial charge is 0.145 e. The SMILES string of the molecule is CC(C)n1nc(CNc2ccc(N)c(CCO)c2)c(N)c1N.